The number of hydrogen-bond donors (Lipinski definition) is 11. The van der Waals surface area contributed by atoms with Crippen molar-refractivity contribution in [3.8, 4) is 0 Å². The number of aliphatic carboxylic acids is 1. The van der Waals surface area contributed by atoms with E-state index in [1.54, 1.807) is 68.4 Å². The fourth-order valence-electron chi connectivity index (χ4n) is 5.79. The van der Waals surface area contributed by atoms with Crippen molar-refractivity contribution >= 4 is 105 Å². The Morgan fingerprint density at radius 1 is 0.553 bits per heavy atom. The molecule has 4 aromatic rings. The summed E-state index contributed by atoms with van der Waals surface area (Å²) < 4.78 is 10.2. The highest BCUT2D eigenvalue weighted by Gasteiger charge is 2.33. The van der Waals surface area contributed by atoms with E-state index < -0.39 is 46.8 Å². The van der Waals surface area contributed by atoms with Gasteiger partial charge in [0.05, 0.1) is 70.5 Å². The molecule has 4 rings (SSSR count). The van der Waals surface area contributed by atoms with Gasteiger partial charge in [-0.25, -0.2) is 0 Å². The lowest BCUT2D eigenvalue weighted by Gasteiger charge is -2.27. The standard InChI is InChI=1S/C25H31Cl2N3O6.C16H16Cl2N2O2.C9H17NO5.3CH4/c1-25(2,15-31)23(34)24(35)29-11-10-20(32)28-12-13-36-21(33)14-16-6-3-4-9-19(16)30-22-17(26)7-5-8-18(22)27;17-12-5-3-6-13(18)16(12)20-14-7-2-1-4-11(14)10-15(21)22-9-8-19;1-9(2,5-11)7(14)8(15)10-4-3-6(12)13;;;/h3-9,23,30-31,34H,10-15H2,1-2H3,(H,28,32)(H,29,35);1-7,20H,8-10,19H2;7,11,14H,3-5H2,1-2H3,(H,10,15)(H,12,13);3*1H4/t23-;;7-;;;/m0.0.../s1. The number of carbonyl (C=O) groups excluding carboxylic acids is 5. The molecule has 19 nitrogen and oxygen atoms in total. The van der Waals surface area contributed by atoms with Crippen molar-refractivity contribution in [1.29, 1.82) is 0 Å². The summed E-state index contributed by atoms with van der Waals surface area (Å²) in [6.07, 6.45) is -2.82. The molecule has 0 heterocycles. The van der Waals surface area contributed by atoms with Crippen molar-refractivity contribution in [2.24, 2.45) is 16.6 Å². The molecule has 0 aliphatic carbocycles. The molecule has 3 amide bonds. The monoisotopic (exact) mass is 1140 g/mol. The van der Waals surface area contributed by atoms with E-state index in [1.807, 2.05) is 30.3 Å². The first kappa shape index (κ1) is 72.3. The van der Waals surface area contributed by atoms with Crippen molar-refractivity contribution in [3.05, 3.63) is 116 Å². The molecular formula is C53H76Cl4N6O13. The lowest BCUT2D eigenvalue weighted by molar-refractivity contribution is -0.143. The molecule has 0 radical (unpaired) electrons. The van der Waals surface area contributed by atoms with E-state index in [9.17, 15) is 44.1 Å². The Kier molecular flexibility index (Phi) is 35.3. The Morgan fingerprint density at radius 2 is 0.921 bits per heavy atom. The minimum absolute atomic E-state index is 0. The third-order valence-corrected chi connectivity index (χ3v) is 11.6. The van der Waals surface area contributed by atoms with E-state index in [1.165, 1.54) is 13.8 Å². The molecule has 0 unspecified atom stereocenters. The average molecular weight is 1150 g/mol. The maximum Gasteiger partial charge on any atom is 0.310 e. The number of hydrogen-bond acceptors (Lipinski definition) is 15. The molecule has 0 spiro atoms. The molecule has 0 fully saturated rings. The number of carboxylic acid groups (broad SMARTS) is 1. The highest BCUT2D eigenvalue weighted by atomic mass is 35.5. The summed E-state index contributed by atoms with van der Waals surface area (Å²) in [6.45, 7) is 6.06. The normalized spacial score (nSPS) is 11.3. The summed E-state index contributed by atoms with van der Waals surface area (Å²) in [5.74, 6) is -3.52. The molecule has 0 bridgehead atoms. The van der Waals surface area contributed by atoms with E-state index in [0.29, 0.717) is 49.3 Å². The van der Waals surface area contributed by atoms with Crippen LogP contribution in [0.25, 0.3) is 0 Å². The minimum atomic E-state index is -1.40. The summed E-state index contributed by atoms with van der Waals surface area (Å²) in [4.78, 5) is 69.3. The SMILES string of the molecule is C.C.C.CC(C)(CO)[C@@H](O)C(=O)NCCC(=O)NCCOC(=O)Cc1ccccc1Nc1c(Cl)cccc1Cl.CC(C)(CO)[C@@H](O)C(=O)NCCC(=O)O.NCCOC(=O)Cc1ccccc1Nc1c(Cl)cccc1Cl. The van der Waals surface area contributed by atoms with Crippen molar-refractivity contribution in [2.45, 2.75) is 87.9 Å². The summed E-state index contributed by atoms with van der Waals surface area (Å²) in [5.41, 5.74) is 7.42. The van der Waals surface area contributed by atoms with Crippen LogP contribution in [0.4, 0.5) is 22.7 Å². The molecule has 0 aromatic heterocycles. The third kappa shape index (κ3) is 25.9. The first-order valence-electron chi connectivity index (χ1n) is 22.7. The summed E-state index contributed by atoms with van der Waals surface area (Å²) >= 11 is 24.7. The first-order valence-corrected chi connectivity index (χ1v) is 24.2. The maximum absolute atomic E-state index is 12.3. The van der Waals surface area contributed by atoms with Crippen LogP contribution in [0.1, 0.15) is 73.9 Å². The smallest absolute Gasteiger partial charge is 0.310 e. The van der Waals surface area contributed by atoms with Crippen LogP contribution in [0, 0.1) is 10.8 Å². The van der Waals surface area contributed by atoms with Gasteiger partial charge in [-0.15, -0.1) is 0 Å². The van der Waals surface area contributed by atoms with Crippen LogP contribution in [0.15, 0.2) is 84.9 Å². The van der Waals surface area contributed by atoms with E-state index in [4.69, 9.17) is 71.8 Å². The molecule has 2 atom stereocenters. The minimum Gasteiger partial charge on any atom is -0.481 e. The van der Waals surface area contributed by atoms with Crippen molar-refractivity contribution in [2.75, 3.05) is 63.2 Å². The number of ether oxygens (including phenoxy) is 2. The van der Waals surface area contributed by atoms with E-state index >= 15 is 0 Å². The molecule has 23 heteroatoms. The van der Waals surface area contributed by atoms with Gasteiger partial charge in [-0.05, 0) is 47.5 Å². The second-order valence-corrected chi connectivity index (χ2v) is 18.9. The quantitative estimate of drug-likeness (QED) is 0.0226. The van der Waals surface area contributed by atoms with Gasteiger partial charge >= 0.3 is 17.9 Å². The zero-order chi connectivity index (χ0) is 54.7. The summed E-state index contributed by atoms with van der Waals surface area (Å²) in [6, 6.07) is 25.0. The van der Waals surface area contributed by atoms with Crippen molar-refractivity contribution < 1.29 is 63.8 Å². The number of anilines is 4. The molecule has 12 N–H and O–H groups in total. The number of carboxylic acids is 1. The molecule has 4 aromatic carbocycles. The van der Waals surface area contributed by atoms with Gasteiger partial charge in [-0.1, -0.05) is 145 Å². The number of aliphatic hydroxyl groups excluding tert-OH is 4. The van der Waals surface area contributed by atoms with Crippen LogP contribution in [0.5, 0.6) is 0 Å². The van der Waals surface area contributed by atoms with Gasteiger partial charge in [0.2, 0.25) is 17.7 Å². The van der Waals surface area contributed by atoms with E-state index in [2.05, 4.69) is 26.6 Å². The molecule has 424 valence electrons. The molecular weight excluding hydrogens is 1070 g/mol. The number of amides is 3. The lowest BCUT2D eigenvalue weighted by atomic mass is 9.87. The molecule has 0 aliphatic heterocycles. The Labute approximate surface area is 466 Å². The molecule has 0 aliphatic rings. The Hall–Kier alpha value is -5.74. The van der Waals surface area contributed by atoms with Gasteiger partial charge in [0, 0.05) is 48.3 Å². The topological polar surface area (TPSA) is 308 Å². The average Bonchev–Trinajstić information content (AvgIpc) is 3.35. The molecule has 0 saturated carbocycles. The van der Waals surface area contributed by atoms with E-state index in [-0.39, 0.29) is 106 Å². The number of halogens is 4. The Morgan fingerprint density at radius 3 is 1.29 bits per heavy atom. The van der Waals surface area contributed by atoms with Crippen molar-refractivity contribution in [3.63, 3.8) is 0 Å². The number of para-hydroxylation sites is 4. The highest BCUT2D eigenvalue weighted by Crippen LogP contribution is 2.35. The van der Waals surface area contributed by atoms with Crippen LogP contribution >= 0.6 is 46.4 Å². The summed E-state index contributed by atoms with van der Waals surface area (Å²) in [7, 11) is 0. The number of benzene rings is 4. The van der Waals surface area contributed by atoms with Gasteiger partial charge in [0.1, 0.15) is 25.4 Å². The zero-order valence-corrected chi connectivity index (χ0v) is 43.8. The number of rotatable bonds is 25. The van der Waals surface area contributed by atoms with Crippen LogP contribution in [0.2, 0.25) is 20.1 Å². The maximum atomic E-state index is 12.3. The number of nitrogens with one attached hydrogen (secondary N) is 5. The third-order valence-electron chi connectivity index (χ3n) is 10.3. The molecule has 0 saturated heterocycles. The Balaban J connectivity index is 0. The number of nitrogens with two attached hydrogens (primary N) is 1. The molecule has 76 heavy (non-hydrogen) atoms. The fraction of sp³-hybridized carbons (Fsp3) is 0.434. The zero-order valence-electron chi connectivity index (χ0n) is 40.8. The van der Waals surface area contributed by atoms with Crippen LogP contribution in [0.3, 0.4) is 0 Å². The van der Waals surface area contributed by atoms with Gasteiger partial charge in [0.15, 0.2) is 0 Å². The second-order valence-electron chi connectivity index (χ2n) is 17.3. The van der Waals surface area contributed by atoms with Crippen molar-refractivity contribution in [1.82, 2.24) is 16.0 Å². The Bertz CT molecular complexity index is 2410. The predicted octanol–water partition coefficient (Wildman–Crippen LogP) is 7.47. The number of carbonyl (C=O) groups is 6. The predicted molar refractivity (Wildman–Crippen MR) is 301 cm³/mol. The fourth-order valence-corrected chi connectivity index (χ4v) is 6.78. The van der Waals surface area contributed by atoms with Crippen LogP contribution < -0.4 is 32.3 Å². The van der Waals surface area contributed by atoms with Gasteiger partial charge in [-0.3, -0.25) is 28.8 Å². The number of esters is 2. The van der Waals surface area contributed by atoms with Gasteiger partial charge < -0.3 is 67.3 Å². The van der Waals surface area contributed by atoms with Crippen LogP contribution in [-0.4, -0.2) is 126 Å². The summed E-state index contributed by atoms with van der Waals surface area (Å²) in [5, 5.41) is 61.4. The number of aliphatic hydroxyl groups is 4. The first-order chi connectivity index (χ1) is 34.5. The second kappa shape index (κ2) is 37.1. The van der Waals surface area contributed by atoms with Crippen LogP contribution in [-0.2, 0) is 51.1 Å². The van der Waals surface area contributed by atoms with Gasteiger partial charge in [0.25, 0.3) is 0 Å². The van der Waals surface area contributed by atoms with Gasteiger partial charge in [-0.2, -0.15) is 0 Å². The highest BCUT2D eigenvalue weighted by molar-refractivity contribution is 6.40. The lowest BCUT2D eigenvalue weighted by Crippen LogP contribution is -2.46. The largest absolute Gasteiger partial charge is 0.481 e. The van der Waals surface area contributed by atoms with E-state index in [0.717, 1.165) is 11.3 Å².